The summed E-state index contributed by atoms with van der Waals surface area (Å²) in [6, 6.07) is 13.3. The van der Waals surface area contributed by atoms with Crippen molar-refractivity contribution in [3.05, 3.63) is 71.9 Å². The van der Waals surface area contributed by atoms with E-state index in [2.05, 4.69) is 5.32 Å². The van der Waals surface area contributed by atoms with Gasteiger partial charge in [0, 0.05) is 37.6 Å². The number of carbonyl (C=O) groups excluding carboxylic acids is 2. The van der Waals surface area contributed by atoms with Crippen LogP contribution in [0, 0.1) is 0 Å². The SMILES string of the molecule is CN(C)C(=O)c1ccc(NC=CC(=O)c2ccccc2O)cc1. The van der Waals surface area contributed by atoms with E-state index in [9.17, 15) is 14.7 Å². The van der Waals surface area contributed by atoms with Crippen molar-refractivity contribution >= 4 is 17.4 Å². The number of aromatic hydroxyl groups is 1. The van der Waals surface area contributed by atoms with E-state index in [1.807, 2.05) is 0 Å². The Kier molecular flexibility index (Phi) is 5.15. The first-order valence-electron chi connectivity index (χ1n) is 7.06. The molecule has 0 aliphatic heterocycles. The van der Waals surface area contributed by atoms with Gasteiger partial charge in [-0.2, -0.15) is 0 Å². The summed E-state index contributed by atoms with van der Waals surface area (Å²) in [6.45, 7) is 0. The van der Waals surface area contributed by atoms with E-state index in [0.717, 1.165) is 5.69 Å². The minimum atomic E-state index is -0.296. The first-order chi connectivity index (χ1) is 11.0. The summed E-state index contributed by atoms with van der Waals surface area (Å²) >= 11 is 0. The highest BCUT2D eigenvalue weighted by molar-refractivity contribution is 6.06. The molecule has 0 heterocycles. The lowest BCUT2D eigenvalue weighted by molar-refractivity contribution is 0.0827. The molecule has 23 heavy (non-hydrogen) atoms. The number of para-hydroxylation sites is 1. The van der Waals surface area contributed by atoms with Crippen molar-refractivity contribution in [3.8, 4) is 5.75 Å². The van der Waals surface area contributed by atoms with Crippen molar-refractivity contribution < 1.29 is 14.7 Å². The molecule has 0 aromatic heterocycles. The smallest absolute Gasteiger partial charge is 0.253 e. The highest BCUT2D eigenvalue weighted by Gasteiger charge is 2.07. The number of benzene rings is 2. The predicted octanol–water partition coefficient (Wildman–Crippen LogP) is 2.90. The van der Waals surface area contributed by atoms with E-state index in [-0.39, 0.29) is 23.0 Å². The van der Waals surface area contributed by atoms with Crippen LogP contribution in [0.2, 0.25) is 0 Å². The standard InChI is InChI=1S/C18H18N2O3/c1-20(2)18(23)13-7-9-14(10-8-13)19-12-11-17(22)15-5-3-4-6-16(15)21/h3-12,19,21H,1-2H3. The van der Waals surface area contributed by atoms with E-state index in [4.69, 9.17) is 0 Å². The van der Waals surface area contributed by atoms with E-state index in [0.29, 0.717) is 5.56 Å². The van der Waals surface area contributed by atoms with Gasteiger partial charge in [0.15, 0.2) is 5.78 Å². The topological polar surface area (TPSA) is 69.6 Å². The normalized spacial score (nSPS) is 10.5. The molecule has 0 radical (unpaired) electrons. The minimum absolute atomic E-state index is 0.0475. The fourth-order valence-corrected chi connectivity index (χ4v) is 1.95. The maximum atomic E-state index is 11.9. The van der Waals surface area contributed by atoms with Crippen molar-refractivity contribution in [1.29, 1.82) is 0 Å². The Bertz CT molecular complexity index is 734. The van der Waals surface area contributed by atoms with E-state index >= 15 is 0 Å². The number of ketones is 1. The number of amides is 1. The molecule has 0 bridgehead atoms. The molecule has 0 saturated heterocycles. The number of phenols is 1. The maximum Gasteiger partial charge on any atom is 0.253 e. The second-order valence-corrected chi connectivity index (χ2v) is 5.14. The Balaban J connectivity index is 1.99. The average Bonchev–Trinajstić information content (AvgIpc) is 2.55. The molecule has 2 aromatic carbocycles. The van der Waals surface area contributed by atoms with Gasteiger partial charge >= 0.3 is 0 Å². The van der Waals surface area contributed by atoms with Crippen LogP contribution in [0.15, 0.2) is 60.8 Å². The van der Waals surface area contributed by atoms with E-state index in [1.54, 1.807) is 56.6 Å². The van der Waals surface area contributed by atoms with Gasteiger partial charge < -0.3 is 15.3 Å². The largest absolute Gasteiger partial charge is 0.507 e. The number of allylic oxidation sites excluding steroid dienone is 1. The molecular weight excluding hydrogens is 292 g/mol. The molecule has 0 saturated carbocycles. The van der Waals surface area contributed by atoms with Gasteiger partial charge in [-0.05, 0) is 36.4 Å². The van der Waals surface area contributed by atoms with Gasteiger partial charge in [-0.25, -0.2) is 0 Å². The van der Waals surface area contributed by atoms with Crippen LogP contribution in [0.1, 0.15) is 20.7 Å². The highest BCUT2D eigenvalue weighted by atomic mass is 16.3. The third kappa shape index (κ3) is 4.20. The maximum absolute atomic E-state index is 11.9. The molecule has 0 spiro atoms. The molecule has 0 fully saturated rings. The number of carbonyl (C=O) groups is 2. The van der Waals surface area contributed by atoms with Crippen LogP contribution >= 0.6 is 0 Å². The summed E-state index contributed by atoms with van der Waals surface area (Å²) in [5, 5.41) is 12.6. The quantitative estimate of drug-likeness (QED) is 0.658. The van der Waals surface area contributed by atoms with Crippen molar-refractivity contribution in [2.24, 2.45) is 0 Å². The van der Waals surface area contributed by atoms with Gasteiger partial charge in [0.2, 0.25) is 0 Å². The lowest BCUT2D eigenvalue weighted by atomic mass is 10.1. The monoisotopic (exact) mass is 310 g/mol. The summed E-state index contributed by atoms with van der Waals surface area (Å²) in [5.41, 5.74) is 1.59. The van der Waals surface area contributed by atoms with E-state index in [1.165, 1.54) is 23.2 Å². The molecule has 5 nitrogen and oxygen atoms in total. The second kappa shape index (κ2) is 7.26. The molecule has 118 valence electrons. The zero-order valence-corrected chi connectivity index (χ0v) is 13.0. The van der Waals surface area contributed by atoms with Crippen LogP contribution in [-0.2, 0) is 0 Å². The predicted molar refractivity (Wildman–Crippen MR) is 89.7 cm³/mol. The van der Waals surface area contributed by atoms with Crippen molar-refractivity contribution in [3.63, 3.8) is 0 Å². The van der Waals surface area contributed by atoms with Crippen molar-refractivity contribution in [2.75, 3.05) is 19.4 Å². The molecule has 1 amide bonds. The summed E-state index contributed by atoms with van der Waals surface area (Å²) in [6.07, 6.45) is 2.84. The number of nitrogens with zero attached hydrogens (tertiary/aromatic N) is 1. The van der Waals surface area contributed by atoms with Crippen molar-refractivity contribution in [1.82, 2.24) is 4.90 Å². The minimum Gasteiger partial charge on any atom is -0.507 e. The molecule has 0 atom stereocenters. The summed E-state index contributed by atoms with van der Waals surface area (Å²) in [5.74, 6) is -0.412. The summed E-state index contributed by atoms with van der Waals surface area (Å²) in [7, 11) is 3.39. The Morgan fingerprint density at radius 2 is 1.70 bits per heavy atom. The Hall–Kier alpha value is -3.08. The third-order valence-corrected chi connectivity index (χ3v) is 3.19. The van der Waals surface area contributed by atoms with Crippen LogP contribution < -0.4 is 5.32 Å². The van der Waals surface area contributed by atoms with Gasteiger partial charge in [0.1, 0.15) is 5.75 Å². The van der Waals surface area contributed by atoms with Gasteiger partial charge in [-0.1, -0.05) is 12.1 Å². The molecule has 2 N–H and O–H groups in total. The number of nitrogens with one attached hydrogen (secondary N) is 1. The highest BCUT2D eigenvalue weighted by Crippen LogP contribution is 2.16. The summed E-state index contributed by atoms with van der Waals surface area (Å²) in [4.78, 5) is 25.2. The van der Waals surface area contributed by atoms with Crippen LogP contribution in [0.5, 0.6) is 5.75 Å². The zero-order valence-electron chi connectivity index (χ0n) is 13.0. The lowest BCUT2D eigenvalue weighted by Gasteiger charge is -2.10. The van der Waals surface area contributed by atoms with Crippen LogP contribution in [0.3, 0.4) is 0 Å². The zero-order chi connectivity index (χ0) is 16.8. The molecular formula is C18H18N2O3. The van der Waals surface area contributed by atoms with Gasteiger partial charge in [-0.15, -0.1) is 0 Å². The third-order valence-electron chi connectivity index (χ3n) is 3.19. The van der Waals surface area contributed by atoms with Crippen LogP contribution in [-0.4, -0.2) is 35.8 Å². The van der Waals surface area contributed by atoms with E-state index < -0.39 is 0 Å². The molecule has 0 aliphatic carbocycles. The van der Waals surface area contributed by atoms with Crippen LogP contribution in [0.4, 0.5) is 5.69 Å². The van der Waals surface area contributed by atoms with Crippen LogP contribution in [0.25, 0.3) is 0 Å². The Morgan fingerprint density at radius 3 is 2.30 bits per heavy atom. The summed E-state index contributed by atoms with van der Waals surface area (Å²) < 4.78 is 0. The van der Waals surface area contributed by atoms with Gasteiger partial charge in [0.05, 0.1) is 5.56 Å². The fraction of sp³-hybridized carbons (Fsp3) is 0.111. The molecule has 5 heteroatoms. The van der Waals surface area contributed by atoms with Gasteiger partial charge in [-0.3, -0.25) is 9.59 Å². The van der Waals surface area contributed by atoms with Crippen molar-refractivity contribution in [2.45, 2.75) is 0 Å². The number of hydrogen-bond acceptors (Lipinski definition) is 4. The lowest BCUT2D eigenvalue weighted by Crippen LogP contribution is -2.21. The molecule has 0 unspecified atom stereocenters. The first kappa shape index (κ1) is 16.3. The first-order valence-corrected chi connectivity index (χ1v) is 7.06. The second-order valence-electron chi connectivity index (χ2n) is 5.14. The Labute approximate surface area is 134 Å². The number of phenolic OH excluding ortho intramolecular Hbond substituents is 1. The number of anilines is 1. The van der Waals surface area contributed by atoms with Gasteiger partial charge in [0.25, 0.3) is 5.91 Å². The molecule has 0 aliphatic rings. The average molecular weight is 310 g/mol. The number of rotatable bonds is 5. The Morgan fingerprint density at radius 1 is 1.04 bits per heavy atom. The molecule has 2 rings (SSSR count). The number of hydrogen-bond donors (Lipinski definition) is 2. The fourth-order valence-electron chi connectivity index (χ4n) is 1.95. The molecule has 2 aromatic rings.